The van der Waals surface area contributed by atoms with Crippen LogP contribution in [0.25, 0.3) is 0 Å². The number of aliphatic hydroxyl groups excluding tert-OH is 1. The van der Waals surface area contributed by atoms with Gasteiger partial charge >= 0.3 is 0 Å². The van der Waals surface area contributed by atoms with E-state index in [-0.39, 0.29) is 18.3 Å². The summed E-state index contributed by atoms with van der Waals surface area (Å²) in [6, 6.07) is 4.20. The number of hydrogen-bond donors (Lipinski definition) is 1. The maximum Gasteiger partial charge on any atom is 0.260 e. The van der Waals surface area contributed by atoms with Crippen molar-refractivity contribution in [3.05, 3.63) is 29.6 Å². The van der Waals surface area contributed by atoms with Gasteiger partial charge in [-0.1, -0.05) is 6.07 Å². The zero-order chi connectivity index (χ0) is 14.5. The Morgan fingerprint density at radius 1 is 1.50 bits per heavy atom. The Bertz CT molecular complexity index is 472. The molecule has 0 aliphatic carbocycles. The molecular weight excluding hydrogens is 265 g/mol. The van der Waals surface area contributed by atoms with Crippen LogP contribution in [-0.2, 0) is 9.53 Å². The third-order valence-electron chi connectivity index (χ3n) is 3.15. The number of morpholine rings is 1. The fourth-order valence-corrected chi connectivity index (χ4v) is 1.94. The summed E-state index contributed by atoms with van der Waals surface area (Å²) < 4.78 is 24.1. The molecule has 1 heterocycles. The van der Waals surface area contributed by atoms with Crippen LogP contribution >= 0.6 is 0 Å². The van der Waals surface area contributed by atoms with E-state index in [1.54, 1.807) is 17.9 Å². The summed E-state index contributed by atoms with van der Waals surface area (Å²) in [7, 11) is 0. The third-order valence-corrected chi connectivity index (χ3v) is 3.15. The highest BCUT2D eigenvalue weighted by molar-refractivity contribution is 5.77. The van der Waals surface area contributed by atoms with Gasteiger partial charge in [-0.15, -0.1) is 0 Å². The van der Waals surface area contributed by atoms with E-state index < -0.39 is 11.9 Å². The first-order valence-electron chi connectivity index (χ1n) is 6.54. The Kier molecular flexibility index (Phi) is 4.92. The van der Waals surface area contributed by atoms with Gasteiger partial charge in [-0.05, 0) is 24.6 Å². The summed E-state index contributed by atoms with van der Waals surface area (Å²) in [6.45, 7) is 3.45. The number of carbonyl (C=O) groups excluding carboxylic acids is 1. The molecule has 0 spiro atoms. The molecule has 110 valence electrons. The zero-order valence-corrected chi connectivity index (χ0v) is 11.3. The molecule has 1 unspecified atom stereocenters. The van der Waals surface area contributed by atoms with Crippen molar-refractivity contribution in [1.82, 2.24) is 4.90 Å². The summed E-state index contributed by atoms with van der Waals surface area (Å²) in [5.74, 6) is -0.763. The van der Waals surface area contributed by atoms with Crippen molar-refractivity contribution in [3.8, 4) is 5.75 Å². The Hall–Kier alpha value is -1.66. The van der Waals surface area contributed by atoms with E-state index in [0.717, 1.165) is 0 Å². The molecule has 2 rings (SSSR count). The summed E-state index contributed by atoms with van der Waals surface area (Å²) in [4.78, 5) is 13.5. The van der Waals surface area contributed by atoms with Crippen LogP contribution in [0.5, 0.6) is 5.75 Å². The predicted molar refractivity (Wildman–Crippen MR) is 69.9 cm³/mol. The molecule has 1 atom stereocenters. The fraction of sp³-hybridized carbons (Fsp3) is 0.500. The Morgan fingerprint density at radius 2 is 2.20 bits per heavy atom. The smallest absolute Gasteiger partial charge is 0.260 e. The number of benzene rings is 1. The summed E-state index contributed by atoms with van der Waals surface area (Å²) in [5.41, 5.74) is 0.467. The van der Waals surface area contributed by atoms with Crippen LogP contribution in [0, 0.1) is 5.82 Å². The quantitative estimate of drug-likeness (QED) is 0.899. The van der Waals surface area contributed by atoms with E-state index >= 15 is 0 Å². The minimum Gasteiger partial charge on any atom is -0.481 e. The van der Waals surface area contributed by atoms with Crippen LogP contribution in [0.3, 0.4) is 0 Å². The third kappa shape index (κ3) is 3.68. The van der Waals surface area contributed by atoms with Gasteiger partial charge in [0, 0.05) is 13.1 Å². The van der Waals surface area contributed by atoms with Gasteiger partial charge in [0.2, 0.25) is 0 Å². The van der Waals surface area contributed by atoms with Crippen LogP contribution in [0.15, 0.2) is 18.2 Å². The van der Waals surface area contributed by atoms with E-state index in [1.165, 1.54) is 12.1 Å². The molecule has 1 fully saturated rings. The largest absolute Gasteiger partial charge is 0.481 e. The summed E-state index contributed by atoms with van der Waals surface area (Å²) in [5, 5.41) is 9.35. The van der Waals surface area contributed by atoms with Gasteiger partial charge in [-0.3, -0.25) is 4.79 Å². The van der Waals surface area contributed by atoms with Crippen molar-refractivity contribution in [2.24, 2.45) is 0 Å². The number of hydrogen-bond acceptors (Lipinski definition) is 4. The minimum atomic E-state index is -0.742. The lowest BCUT2D eigenvalue weighted by Gasteiger charge is -2.26. The lowest BCUT2D eigenvalue weighted by molar-refractivity contribution is -0.137. The SMILES string of the molecule is CC(O)c1ccc(OCC(=O)N2CCOCC2)c(F)c1. The molecule has 1 aliphatic heterocycles. The zero-order valence-electron chi connectivity index (χ0n) is 11.3. The molecule has 1 N–H and O–H groups in total. The van der Waals surface area contributed by atoms with Crippen LogP contribution in [0.1, 0.15) is 18.6 Å². The molecule has 6 heteroatoms. The van der Waals surface area contributed by atoms with Crippen molar-refractivity contribution in [1.29, 1.82) is 0 Å². The molecule has 1 aliphatic rings. The molecule has 1 amide bonds. The number of aliphatic hydroxyl groups is 1. The monoisotopic (exact) mass is 283 g/mol. The van der Waals surface area contributed by atoms with Gasteiger partial charge in [-0.25, -0.2) is 4.39 Å². The van der Waals surface area contributed by atoms with Gasteiger partial charge in [0.15, 0.2) is 18.2 Å². The Labute approximate surface area is 116 Å². The first kappa shape index (κ1) is 14.7. The van der Waals surface area contributed by atoms with Gasteiger partial charge in [0.25, 0.3) is 5.91 Å². The maximum absolute atomic E-state index is 13.7. The molecule has 0 bridgehead atoms. The molecule has 0 radical (unpaired) electrons. The van der Waals surface area contributed by atoms with E-state index in [0.29, 0.717) is 31.9 Å². The lowest BCUT2D eigenvalue weighted by atomic mass is 10.1. The van der Waals surface area contributed by atoms with Crippen LogP contribution in [0.2, 0.25) is 0 Å². The molecule has 20 heavy (non-hydrogen) atoms. The maximum atomic E-state index is 13.7. The fourth-order valence-electron chi connectivity index (χ4n) is 1.94. The van der Waals surface area contributed by atoms with E-state index in [2.05, 4.69) is 0 Å². The second kappa shape index (κ2) is 6.67. The molecule has 1 aromatic carbocycles. The van der Waals surface area contributed by atoms with E-state index in [1.807, 2.05) is 0 Å². The standard InChI is InChI=1S/C14H18FNO4/c1-10(17)11-2-3-13(12(15)8-11)20-9-14(18)16-4-6-19-7-5-16/h2-3,8,10,17H,4-7,9H2,1H3. The molecular formula is C14H18FNO4. The number of ether oxygens (including phenoxy) is 2. The normalized spacial score (nSPS) is 16.9. The molecule has 1 saturated heterocycles. The first-order chi connectivity index (χ1) is 9.58. The molecule has 5 nitrogen and oxygen atoms in total. The summed E-state index contributed by atoms with van der Waals surface area (Å²) in [6.07, 6.45) is -0.742. The van der Waals surface area contributed by atoms with Crippen molar-refractivity contribution in [2.75, 3.05) is 32.9 Å². The van der Waals surface area contributed by atoms with Crippen molar-refractivity contribution in [2.45, 2.75) is 13.0 Å². The van der Waals surface area contributed by atoms with Crippen LogP contribution in [-0.4, -0.2) is 48.8 Å². The lowest BCUT2D eigenvalue weighted by Crippen LogP contribution is -2.43. The van der Waals surface area contributed by atoms with E-state index in [9.17, 15) is 14.3 Å². The molecule has 0 aromatic heterocycles. The van der Waals surface area contributed by atoms with Crippen LogP contribution < -0.4 is 4.74 Å². The number of rotatable bonds is 4. The van der Waals surface area contributed by atoms with Crippen molar-refractivity contribution >= 4 is 5.91 Å². The van der Waals surface area contributed by atoms with Crippen molar-refractivity contribution < 1.29 is 23.8 Å². The molecule has 1 aromatic rings. The average molecular weight is 283 g/mol. The molecule has 0 saturated carbocycles. The minimum absolute atomic E-state index is 0.0102. The topological polar surface area (TPSA) is 59.0 Å². The second-order valence-corrected chi connectivity index (χ2v) is 4.65. The average Bonchev–Trinajstić information content (AvgIpc) is 2.46. The number of amides is 1. The highest BCUT2D eigenvalue weighted by Gasteiger charge is 2.18. The second-order valence-electron chi connectivity index (χ2n) is 4.65. The van der Waals surface area contributed by atoms with Crippen molar-refractivity contribution in [3.63, 3.8) is 0 Å². The number of halogens is 1. The Morgan fingerprint density at radius 3 is 2.80 bits per heavy atom. The van der Waals surface area contributed by atoms with E-state index in [4.69, 9.17) is 9.47 Å². The highest BCUT2D eigenvalue weighted by Crippen LogP contribution is 2.22. The number of nitrogens with zero attached hydrogens (tertiary/aromatic N) is 1. The first-order valence-corrected chi connectivity index (χ1v) is 6.54. The van der Waals surface area contributed by atoms with Gasteiger partial charge in [0.05, 0.1) is 19.3 Å². The summed E-state index contributed by atoms with van der Waals surface area (Å²) >= 11 is 0. The highest BCUT2D eigenvalue weighted by atomic mass is 19.1. The number of carbonyl (C=O) groups is 1. The Balaban J connectivity index is 1.91. The van der Waals surface area contributed by atoms with Crippen LogP contribution in [0.4, 0.5) is 4.39 Å². The predicted octanol–water partition coefficient (Wildman–Crippen LogP) is 1.12. The van der Waals surface area contributed by atoms with Gasteiger partial charge in [-0.2, -0.15) is 0 Å². The van der Waals surface area contributed by atoms with Gasteiger partial charge in [0.1, 0.15) is 0 Å². The van der Waals surface area contributed by atoms with Gasteiger partial charge < -0.3 is 19.5 Å².